The minimum atomic E-state index is -0.440. The van der Waals surface area contributed by atoms with Gasteiger partial charge in [0.15, 0.2) is 0 Å². The molecule has 3 aromatic rings. The molecular formula is C17H19N3O3S2. The largest absolute Gasteiger partial charge is 0.384 e. The summed E-state index contributed by atoms with van der Waals surface area (Å²) in [6, 6.07) is 3.97. The van der Waals surface area contributed by atoms with Crippen molar-refractivity contribution in [2.24, 2.45) is 5.73 Å². The maximum absolute atomic E-state index is 13.2. The molecule has 2 N–H and O–H groups in total. The van der Waals surface area contributed by atoms with Crippen LogP contribution in [0.5, 0.6) is 0 Å². The van der Waals surface area contributed by atoms with E-state index in [0.717, 1.165) is 20.1 Å². The van der Waals surface area contributed by atoms with Gasteiger partial charge in [-0.05, 0) is 18.4 Å². The number of nitrogens with zero attached hydrogens (tertiary/aromatic N) is 2. The fourth-order valence-electron chi connectivity index (χ4n) is 2.79. The molecule has 0 bridgehead atoms. The van der Waals surface area contributed by atoms with Gasteiger partial charge in [-0.25, -0.2) is 4.98 Å². The summed E-state index contributed by atoms with van der Waals surface area (Å²) in [7, 11) is 1.61. The van der Waals surface area contributed by atoms with E-state index in [1.54, 1.807) is 23.0 Å². The summed E-state index contributed by atoms with van der Waals surface area (Å²) >= 11 is 3.12. The Hall–Kier alpha value is -2.03. The van der Waals surface area contributed by atoms with Gasteiger partial charge in [-0.3, -0.25) is 14.2 Å². The van der Waals surface area contributed by atoms with Gasteiger partial charge >= 0.3 is 0 Å². The number of hydrogen-bond donors (Lipinski definition) is 1. The van der Waals surface area contributed by atoms with Crippen molar-refractivity contribution in [3.8, 4) is 10.4 Å². The molecule has 0 unspecified atom stereocenters. The Morgan fingerprint density at radius 1 is 1.44 bits per heavy atom. The van der Waals surface area contributed by atoms with E-state index in [-0.39, 0.29) is 18.5 Å². The summed E-state index contributed by atoms with van der Waals surface area (Å²) in [5.41, 5.74) is 6.09. The van der Waals surface area contributed by atoms with Crippen LogP contribution in [0.15, 0.2) is 22.3 Å². The summed E-state index contributed by atoms with van der Waals surface area (Å²) in [5.74, 6) is 0.184. The van der Waals surface area contributed by atoms with Gasteiger partial charge in [0.05, 0.1) is 12.0 Å². The molecule has 6 nitrogen and oxygen atoms in total. The maximum Gasteiger partial charge on any atom is 0.262 e. The number of ether oxygens (including phenoxy) is 1. The van der Waals surface area contributed by atoms with Crippen LogP contribution >= 0.6 is 22.7 Å². The van der Waals surface area contributed by atoms with E-state index in [9.17, 15) is 9.59 Å². The molecule has 0 saturated carbocycles. The summed E-state index contributed by atoms with van der Waals surface area (Å²) in [4.78, 5) is 31.9. The topological polar surface area (TPSA) is 87.2 Å². The molecule has 0 aliphatic rings. The molecule has 132 valence electrons. The minimum Gasteiger partial charge on any atom is -0.384 e. The first kappa shape index (κ1) is 17.8. The van der Waals surface area contributed by atoms with Crippen molar-refractivity contribution in [3.63, 3.8) is 0 Å². The monoisotopic (exact) mass is 377 g/mol. The van der Waals surface area contributed by atoms with E-state index in [1.165, 1.54) is 11.3 Å². The molecular weight excluding hydrogens is 358 g/mol. The van der Waals surface area contributed by atoms with Gasteiger partial charge in [0.25, 0.3) is 5.56 Å². The predicted octanol–water partition coefficient (Wildman–Crippen LogP) is 2.56. The van der Waals surface area contributed by atoms with Crippen molar-refractivity contribution in [3.05, 3.63) is 38.6 Å². The zero-order valence-corrected chi connectivity index (χ0v) is 15.7. The molecule has 0 aromatic carbocycles. The number of hydrogen-bond acceptors (Lipinski definition) is 6. The van der Waals surface area contributed by atoms with Gasteiger partial charge in [-0.2, -0.15) is 0 Å². The highest BCUT2D eigenvalue weighted by atomic mass is 32.1. The number of aryl methyl sites for hydroxylation is 1. The number of carbonyl (C=O) groups is 1. The smallest absolute Gasteiger partial charge is 0.262 e. The number of fused-ring (bicyclic) bond motifs is 1. The number of thiophene rings is 2. The van der Waals surface area contributed by atoms with Crippen LogP contribution in [-0.4, -0.2) is 29.2 Å². The zero-order valence-electron chi connectivity index (χ0n) is 14.1. The number of nitrogens with two attached hydrogens (primary N) is 1. The lowest BCUT2D eigenvalue weighted by Crippen LogP contribution is -2.28. The average Bonchev–Trinajstić information content (AvgIpc) is 3.18. The minimum absolute atomic E-state index is 0.102. The Balaban J connectivity index is 2.22. The number of aromatic nitrogens is 2. The quantitative estimate of drug-likeness (QED) is 0.685. The van der Waals surface area contributed by atoms with Gasteiger partial charge in [0.1, 0.15) is 10.7 Å². The molecule has 0 fully saturated rings. The van der Waals surface area contributed by atoms with Crippen LogP contribution in [0.25, 0.3) is 20.7 Å². The highest BCUT2D eigenvalue weighted by Crippen LogP contribution is 2.37. The van der Waals surface area contributed by atoms with E-state index in [4.69, 9.17) is 15.5 Å². The van der Waals surface area contributed by atoms with Crippen LogP contribution < -0.4 is 11.3 Å². The lowest BCUT2D eigenvalue weighted by Gasteiger charge is -2.12. The maximum atomic E-state index is 13.2. The fourth-order valence-corrected chi connectivity index (χ4v) is 4.74. The Kier molecular flexibility index (Phi) is 5.31. The zero-order chi connectivity index (χ0) is 18.0. The summed E-state index contributed by atoms with van der Waals surface area (Å²) < 4.78 is 6.69. The number of primary amides is 1. The molecule has 25 heavy (non-hydrogen) atoms. The first-order chi connectivity index (χ1) is 12.0. The molecule has 0 atom stereocenters. The van der Waals surface area contributed by atoms with Gasteiger partial charge in [0.2, 0.25) is 5.91 Å². The predicted molar refractivity (Wildman–Crippen MR) is 101 cm³/mol. The third kappa shape index (κ3) is 3.51. The summed E-state index contributed by atoms with van der Waals surface area (Å²) in [6.07, 6.45) is 0.607. The molecule has 0 radical (unpaired) electrons. The van der Waals surface area contributed by atoms with Gasteiger partial charge < -0.3 is 10.5 Å². The van der Waals surface area contributed by atoms with Crippen molar-refractivity contribution < 1.29 is 9.53 Å². The van der Waals surface area contributed by atoms with Crippen LogP contribution in [0.4, 0.5) is 0 Å². The second-order valence-corrected chi connectivity index (χ2v) is 7.79. The standard InChI is InChI=1S/C17H19N3O3S2/c1-10-14(11-4-3-9-24-11)15-16(25-10)19-13(6-8-23-2)20(17(15)22)7-5-12(18)21/h3-4,9H,5-8H2,1-2H3,(H2,18,21). The molecule has 0 aliphatic carbocycles. The van der Waals surface area contributed by atoms with Crippen molar-refractivity contribution in [1.82, 2.24) is 9.55 Å². The van der Waals surface area contributed by atoms with Crippen LogP contribution in [0.2, 0.25) is 0 Å². The van der Waals surface area contributed by atoms with Gasteiger partial charge in [-0.1, -0.05) is 6.07 Å². The second-order valence-electron chi connectivity index (χ2n) is 5.63. The lowest BCUT2D eigenvalue weighted by atomic mass is 10.1. The molecule has 3 heterocycles. The molecule has 0 saturated heterocycles. The Labute approximate surface area is 152 Å². The van der Waals surface area contributed by atoms with E-state index in [1.807, 2.05) is 24.4 Å². The molecule has 0 aliphatic heterocycles. The van der Waals surface area contributed by atoms with Gasteiger partial charge in [-0.15, -0.1) is 22.7 Å². The third-order valence-corrected chi connectivity index (χ3v) is 5.83. The highest BCUT2D eigenvalue weighted by Gasteiger charge is 2.20. The first-order valence-corrected chi connectivity index (χ1v) is 9.56. The Morgan fingerprint density at radius 2 is 2.24 bits per heavy atom. The van der Waals surface area contributed by atoms with Crippen molar-refractivity contribution in [2.75, 3.05) is 13.7 Å². The Bertz CT molecular complexity index is 958. The SMILES string of the molecule is COCCc1nc2sc(C)c(-c3cccs3)c2c(=O)n1CCC(N)=O. The fraction of sp³-hybridized carbons (Fsp3) is 0.353. The first-order valence-electron chi connectivity index (χ1n) is 7.87. The normalized spacial score (nSPS) is 11.3. The third-order valence-electron chi connectivity index (χ3n) is 3.95. The van der Waals surface area contributed by atoms with Crippen LogP contribution in [0.1, 0.15) is 17.1 Å². The number of methoxy groups -OCH3 is 1. The van der Waals surface area contributed by atoms with Crippen molar-refractivity contribution in [2.45, 2.75) is 26.3 Å². The van der Waals surface area contributed by atoms with E-state index < -0.39 is 5.91 Å². The van der Waals surface area contributed by atoms with Crippen molar-refractivity contribution in [1.29, 1.82) is 0 Å². The summed E-state index contributed by atoms with van der Waals surface area (Å²) in [5, 5.41) is 2.61. The van der Waals surface area contributed by atoms with Crippen LogP contribution in [-0.2, 0) is 22.5 Å². The molecule has 8 heteroatoms. The van der Waals surface area contributed by atoms with Gasteiger partial charge in [0, 0.05) is 41.8 Å². The molecule has 3 aromatic heterocycles. The highest BCUT2D eigenvalue weighted by molar-refractivity contribution is 7.20. The summed E-state index contributed by atoms with van der Waals surface area (Å²) in [6.45, 7) is 2.69. The van der Waals surface area contributed by atoms with Crippen LogP contribution in [0, 0.1) is 6.92 Å². The van der Waals surface area contributed by atoms with Crippen LogP contribution in [0.3, 0.4) is 0 Å². The molecule has 3 rings (SSSR count). The second kappa shape index (κ2) is 7.47. The molecule has 1 amide bonds. The molecule has 0 spiro atoms. The average molecular weight is 377 g/mol. The van der Waals surface area contributed by atoms with Crippen molar-refractivity contribution >= 4 is 38.8 Å². The van der Waals surface area contributed by atoms with E-state index in [2.05, 4.69) is 0 Å². The van der Waals surface area contributed by atoms with E-state index in [0.29, 0.717) is 24.2 Å². The number of rotatable bonds is 7. The Morgan fingerprint density at radius 3 is 2.88 bits per heavy atom. The van der Waals surface area contributed by atoms with E-state index >= 15 is 0 Å². The number of carbonyl (C=O) groups excluding carboxylic acids is 1. The lowest BCUT2D eigenvalue weighted by molar-refractivity contribution is -0.118. The number of amides is 1.